The van der Waals surface area contributed by atoms with E-state index in [9.17, 15) is 9.90 Å². The van der Waals surface area contributed by atoms with Gasteiger partial charge in [-0.15, -0.1) is 11.3 Å². The molecule has 0 aromatic carbocycles. The van der Waals surface area contributed by atoms with Crippen molar-refractivity contribution in [3.63, 3.8) is 0 Å². The first-order chi connectivity index (χ1) is 8.11. The molecule has 3 nitrogen and oxygen atoms in total. The van der Waals surface area contributed by atoms with Crippen molar-refractivity contribution >= 4 is 17.2 Å². The summed E-state index contributed by atoms with van der Waals surface area (Å²) in [5, 5.41) is 12.5. The van der Waals surface area contributed by atoms with Crippen LogP contribution in [0.15, 0.2) is 6.07 Å². The quantitative estimate of drug-likeness (QED) is 0.844. The van der Waals surface area contributed by atoms with Crippen LogP contribution >= 0.6 is 11.3 Å². The number of amides is 1. The van der Waals surface area contributed by atoms with Crippen molar-refractivity contribution in [1.82, 2.24) is 5.32 Å². The number of rotatable bonds is 5. The molecule has 0 saturated heterocycles. The van der Waals surface area contributed by atoms with E-state index in [2.05, 4.69) is 12.2 Å². The molecule has 1 heterocycles. The minimum Gasteiger partial charge on any atom is -0.391 e. The van der Waals surface area contributed by atoms with Crippen LogP contribution in [0.3, 0.4) is 0 Å². The van der Waals surface area contributed by atoms with E-state index in [1.165, 1.54) is 21.8 Å². The molecule has 2 rings (SSSR count). The Balaban J connectivity index is 1.89. The lowest BCUT2D eigenvalue weighted by Crippen LogP contribution is -2.32. The third kappa shape index (κ3) is 3.07. The highest BCUT2D eigenvalue weighted by molar-refractivity contribution is 7.14. The number of hydrogen-bond acceptors (Lipinski definition) is 3. The molecule has 2 N–H and O–H groups in total. The molecule has 1 atom stereocenters. The lowest BCUT2D eigenvalue weighted by atomic mass is 10.2. The van der Waals surface area contributed by atoms with Crippen molar-refractivity contribution < 1.29 is 9.90 Å². The second kappa shape index (κ2) is 5.19. The second-order valence-electron chi connectivity index (χ2n) is 4.66. The highest BCUT2D eigenvalue weighted by Gasteiger charge is 2.29. The van der Waals surface area contributed by atoms with E-state index in [1.54, 1.807) is 0 Å². The molecule has 0 spiro atoms. The molecule has 1 aromatic rings. The number of aliphatic hydroxyl groups excluding tert-OH is 1. The van der Waals surface area contributed by atoms with Gasteiger partial charge in [-0.25, -0.2) is 0 Å². The summed E-state index contributed by atoms with van der Waals surface area (Å²) in [6.45, 7) is 4.51. The number of nitrogens with one attached hydrogen (secondary N) is 1. The molecular formula is C13H19NO2S. The molecule has 1 saturated carbocycles. The van der Waals surface area contributed by atoms with E-state index in [0.717, 1.165) is 24.1 Å². The standard InChI is InChI=1S/C13H19NO2S/c1-3-9-6-12(17-8(9)2)13(16)14-7-11(15)10-4-5-10/h6,10-11,15H,3-5,7H2,1-2H3,(H,14,16). The molecule has 1 aromatic heterocycles. The minimum absolute atomic E-state index is 0.0579. The number of aliphatic hydroxyl groups is 1. The SMILES string of the molecule is CCc1cc(C(=O)NCC(O)C2CC2)sc1C. The fourth-order valence-corrected chi connectivity index (χ4v) is 2.95. The topological polar surface area (TPSA) is 49.3 Å². The van der Waals surface area contributed by atoms with E-state index >= 15 is 0 Å². The largest absolute Gasteiger partial charge is 0.391 e. The Morgan fingerprint density at radius 2 is 2.35 bits per heavy atom. The van der Waals surface area contributed by atoms with E-state index < -0.39 is 0 Å². The number of aryl methyl sites for hydroxylation is 2. The van der Waals surface area contributed by atoms with Gasteiger partial charge in [0.2, 0.25) is 0 Å². The van der Waals surface area contributed by atoms with E-state index in [1.807, 2.05) is 13.0 Å². The van der Waals surface area contributed by atoms with Gasteiger partial charge in [0.05, 0.1) is 11.0 Å². The fourth-order valence-electron chi connectivity index (χ4n) is 1.91. The predicted octanol–water partition coefficient (Wildman–Crippen LogP) is 2.12. The van der Waals surface area contributed by atoms with Gasteiger partial charge >= 0.3 is 0 Å². The third-order valence-electron chi connectivity index (χ3n) is 3.26. The van der Waals surface area contributed by atoms with Crippen LogP contribution in [0, 0.1) is 12.8 Å². The summed E-state index contributed by atoms with van der Waals surface area (Å²) >= 11 is 1.53. The molecule has 1 amide bonds. The zero-order valence-electron chi connectivity index (χ0n) is 10.3. The zero-order valence-corrected chi connectivity index (χ0v) is 11.1. The summed E-state index contributed by atoms with van der Waals surface area (Å²) in [6.07, 6.45) is 2.77. The molecule has 1 aliphatic rings. The highest BCUT2D eigenvalue weighted by atomic mass is 32.1. The number of hydrogen-bond donors (Lipinski definition) is 2. The van der Waals surface area contributed by atoms with Gasteiger partial charge in [-0.3, -0.25) is 4.79 Å². The summed E-state index contributed by atoms with van der Waals surface area (Å²) in [5.74, 6) is 0.351. The van der Waals surface area contributed by atoms with Gasteiger partial charge in [0.15, 0.2) is 0 Å². The average Bonchev–Trinajstić information content (AvgIpc) is 3.09. The first kappa shape index (κ1) is 12.6. The van der Waals surface area contributed by atoms with Crippen LogP contribution in [0.2, 0.25) is 0 Å². The molecule has 0 aliphatic heterocycles. The van der Waals surface area contributed by atoms with E-state index in [0.29, 0.717) is 12.5 Å². The summed E-state index contributed by atoms with van der Waals surface area (Å²) in [5.41, 5.74) is 1.24. The van der Waals surface area contributed by atoms with Gasteiger partial charge in [0, 0.05) is 11.4 Å². The lowest BCUT2D eigenvalue weighted by molar-refractivity contribution is 0.0905. The normalized spacial score (nSPS) is 16.9. The van der Waals surface area contributed by atoms with E-state index in [4.69, 9.17) is 0 Å². The molecule has 94 valence electrons. The maximum atomic E-state index is 11.9. The number of carbonyl (C=O) groups is 1. The Hall–Kier alpha value is -0.870. The first-order valence-corrected chi connectivity index (χ1v) is 6.99. The van der Waals surface area contributed by atoms with Crippen molar-refractivity contribution in [2.45, 2.75) is 39.2 Å². The van der Waals surface area contributed by atoms with Crippen molar-refractivity contribution in [2.24, 2.45) is 5.92 Å². The van der Waals surface area contributed by atoms with Gasteiger partial charge in [-0.1, -0.05) is 6.92 Å². The third-order valence-corrected chi connectivity index (χ3v) is 4.35. The molecule has 1 fully saturated rings. The van der Waals surface area contributed by atoms with Gasteiger partial charge in [-0.2, -0.15) is 0 Å². The summed E-state index contributed by atoms with van der Waals surface area (Å²) in [4.78, 5) is 13.8. The molecular weight excluding hydrogens is 234 g/mol. The first-order valence-electron chi connectivity index (χ1n) is 6.17. The maximum absolute atomic E-state index is 11.9. The van der Waals surface area contributed by atoms with Crippen LogP contribution in [-0.2, 0) is 6.42 Å². The van der Waals surface area contributed by atoms with Crippen LogP contribution in [0.1, 0.15) is 39.9 Å². The summed E-state index contributed by atoms with van der Waals surface area (Å²) < 4.78 is 0. The smallest absolute Gasteiger partial charge is 0.261 e. The Morgan fingerprint density at radius 3 is 2.88 bits per heavy atom. The van der Waals surface area contributed by atoms with Gasteiger partial charge < -0.3 is 10.4 Å². The van der Waals surface area contributed by atoms with Crippen LogP contribution in [0.4, 0.5) is 0 Å². The van der Waals surface area contributed by atoms with Gasteiger partial charge in [-0.05, 0) is 43.7 Å². The Bertz CT molecular complexity index is 410. The van der Waals surface area contributed by atoms with Crippen molar-refractivity contribution in [3.05, 3.63) is 21.4 Å². The van der Waals surface area contributed by atoms with Crippen molar-refractivity contribution in [3.8, 4) is 0 Å². The monoisotopic (exact) mass is 253 g/mol. The molecule has 1 aliphatic carbocycles. The predicted molar refractivity (Wildman–Crippen MR) is 69.5 cm³/mol. The molecule has 4 heteroatoms. The van der Waals surface area contributed by atoms with Crippen LogP contribution in [0.5, 0.6) is 0 Å². The van der Waals surface area contributed by atoms with Gasteiger partial charge in [0.25, 0.3) is 5.91 Å². The lowest BCUT2D eigenvalue weighted by Gasteiger charge is -2.09. The fraction of sp³-hybridized carbons (Fsp3) is 0.615. The average molecular weight is 253 g/mol. The van der Waals surface area contributed by atoms with Crippen LogP contribution in [0.25, 0.3) is 0 Å². The zero-order chi connectivity index (χ0) is 12.4. The maximum Gasteiger partial charge on any atom is 0.261 e. The highest BCUT2D eigenvalue weighted by Crippen LogP contribution is 2.32. The second-order valence-corrected chi connectivity index (χ2v) is 5.92. The Labute approximate surface area is 106 Å². The minimum atomic E-state index is -0.370. The van der Waals surface area contributed by atoms with Crippen LogP contribution < -0.4 is 5.32 Å². The summed E-state index contributed by atoms with van der Waals surface area (Å²) in [6, 6.07) is 1.96. The van der Waals surface area contributed by atoms with E-state index in [-0.39, 0.29) is 12.0 Å². The van der Waals surface area contributed by atoms with Crippen LogP contribution in [-0.4, -0.2) is 23.7 Å². The van der Waals surface area contributed by atoms with Crippen molar-refractivity contribution in [1.29, 1.82) is 0 Å². The summed E-state index contributed by atoms with van der Waals surface area (Å²) in [7, 11) is 0. The Morgan fingerprint density at radius 1 is 1.65 bits per heavy atom. The van der Waals surface area contributed by atoms with Gasteiger partial charge in [0.1, 0.15) is 0 Å². The molecule has 0 bridgehead atoms. The number of carbonyl (C=O) groups excluding carboxylic acids is 1. The Kier molecular flexibility index (Phi) is 3.84. The molecule has 17 heavy (non-hydrogen) atoms. The molecule has 1 unspecified atom stereocenters. The van der Waals surface area contributed by atoms with Crippen molar-refractivity contribution in [2.75, 3.05) is 6.54 Å². The molecule has 0 radical (unpaired) electrons. The number of thiophene rings is 1.